The van der Waals surface area contributed by atoms with Gasteiger partial charge in [0.25, 0.3) is 0 Å². The molecular weight excluding hydrogens is 116 g/mol. The van der Waals surface area contributed by atoms with Gasteiger partial charge in [0.2, 0.25) is 0 Å². The average Bonchev–Trinajstić information content (AvgIpc) is 1.78. The van der Waals surface area contributed by atoms with Gasteiger partial charge in [-0.15, -0.1) is 0 Å². The maximum atomic E-state index is 5.08. The Morgan fingerprint density at radius 3 is 1.89 bits per heavy atom. The van der Waals surface area contributed by atoms with E-state index in [1.165, 1.54) is 19.3 Å². The molecule has 1 rings (SSSR count). The van der Waals surface area contributed by atoms with Crippen molar-refractivity contribution in [2.45, 2.75) is 25.6 Å². The van der Waals surface area contributed by atoms with E-state index in [4.69, 9.17) is 9.47 Å². The Balaban J connectivity index is 2.19. The second-order valence-corrected chi connectivity index (χ2v) is 2.53. The van der Waals surface area contributed by atoms with Crippen LogP contribution in [0.25, 0.3) is 0 Å². The summed E-state index contributed by atoms with van der Waals surface area (Å²) in [6.07, 6.45) is 3.94. The van der Waals surface area contributed by atoms with Gasteiger partial charge in [-0.1, -0.05) is 6.42 Å². The minimum atomic E-state index is 0.0544. The van der Waals surface area contributed by atoms with Crippen molar-refractivity contribution >= 4 is 0 Å². The van der Waals surface area contributed by atoms with Gasteiger partial charge in [-0.25, -0.2) is 0 Å². The quantitative estimate of drug-likeness (QED) is 0.538. The van der Waals surface area contributed by atoms with Crippen molar-refractivity contribution in [3.63, 3.8) is 0 Å². The molecule has 1 fully saturated rings. The predicted octanol–water partition coefficient (Wildman–Crippen LogP) is 1.41. The van der Waals surface area contributed by atoms with Crippen LogP contribution in [0.4, 0.5) is 0 Å². The van der Waals surface area contributed by atoms with E-state index in [1.54, 1.807) is 14.2 Å². The standard InChI is InChI=1S/C7H14O2/c1-8-7(9-2)6-4-3-5-6/h6-7H,3-5H2,1-2H3. The molecule has 1 aliphatic rings. The number of hydrogen-bond acceptors (Lipinski definition) is 2. The predicted molar refractivity (Wildman–Crippen MR) is 35.1 cm³/mol. The lowest BCUT2D eigenvalue weighted by atomic mass is 9.85. The fraction of sp³-hybridized carbons (Fsp3) is 1.00. The van der Waals surface area contributed by atoms with Crippen molar-refractivity contribution in [2.75, 3.05) is 14.2 Å². The van der Waals surface area contributed by atoms with Crippen LogP contribution in [0.15, 0.2) is 0 Å². The first-order valence-electron chi connectivity index (χ1n) is 3.44. The van der Waals surface area contributed by atoms with Crippen molar-refractivity contribution in [3.8, 4) is 0 Å². The Labute approximate surface area is 56.2 Å². The first kappa shape index (κ1) is 7.03. The topological polar surface area (TPSA) is 18.5 Å². The van der Waals surface area contributed by atoms with E-state index in [2.05, 4.69) is 0 Å². The monoisotopic (exact) mass is 130 g/mol. The van der Waals surface area contributed by atoms with E-state index < -0.39 is 0 Å². The Hall–Kier alpha value is -0.0800. The molecule has 0 aromatic carbocycles. The molecule has 0 unspecified atom stereocenters. The average molecular weight is 130 g/mol. The van der Waals surface area contributed by atoms with E-state index in [-0.39, 0.29) is 6.29 Å². The highest BCUT2D eigenvalue weighted by Gasteiger charge is 2.26. The first-order valence-corrected chi connectivity index (χ1v) is 3.44. The molecule has 0 aromatic heterocycles. The number of ether oxygens (including phenoxy) is 2. The largest absolute Gasteiger partial charge is 0.356 e. The lowest BCUT2D eigenvalue weighted by Gasteiger charge is -2.31. The summed E-state index contributed by atoms with van der Waals surface area (Å²) in [6.45, 7) is 0. The third kappa shape index (κ3) is 1.43. The zero-order chi connectivity index (χ0) is 6.69. The Morgan fingerprint density at radius 1 is 1.22 bits per heavy atom. The highest BCUT2D eigenvalue weighted by molar-refractivity contribution is 4.72. The van der Waals surface area contributed by atoms with Gasteiger partial charge in [-0.05, 0) is 12.8 Å². The van der Waals surface area contributed by atoms with Gasteiger partial charge >= 0.3 is 0 Å². The molecule has 1 saturated carbocycles. The molecule has 0 atom stereocenters. The molecule has 0 aromatic rings. The van der Waals surface area contributed by atoms with Crippen LogP contribution in [0.2, 0.25) is 0 Å². The summed E-state index contributed by atoms with van der Waals surface area (Å²) in [7, 11) is 3.40. The molecular formula is C7H14O2. The van der Waals surface area contributed by atoms with Gasteiger partial charge in [-0.2, -0.15) is 0 Å². The van der Waals surface area contributed by atoms with E-state index in [0.29, 0.717) is 5.92 Å². The van der Waals surface area contributed by atoms with Gasteiger partial charge < -0.3 is 9.47 Å². The molecule has 0 heterocycles. The zero-order valence-electron chi connectivity index (χ0n) is 6.09. The van der Waals surface area contributed by atoms with Crippen LogP contribution in [0.5, 0.6) is 0 Å². The van der Waals surface area contributed by atoms with E-state index in [0.717, 1.165) is 0 Å². The lowest BCUT2D eigenvalue weighted by molar-refractivity contribution is -0.153. The molecule has 0 aliphatic heterocycles. The van der Waals surface area contributed by atoms with Gasteiger partial charge in [0.15, 0.2) is 6.29 Å². The van der Waals surface area contributed by atoms with Crippen LogP contribution < -0.4 is 0 Å². The van der Waals surface area contributed by atoms with Crippen LogP contribution in [0.1, 0.15) is 19.3 Å². The molecule has 1 aliphatic carbocycles. The Bertz CT molecular complexity index is 75.0. The maximum Gasteiger partial charge on any atom is 0.159 e. The van der Waals surface area contributed by atoms with E-state index in [1.807, 2.05) is 0 Å². The molecule has 0 saturated heterocycles. The molecule has 0 N–H and O–H groups in total. The van der Waals surface area contributed by atoms with Gasteiger partial charge in [0, 0.05) is 20.1 Å². The molecule has 0 bridgehead atoms. The summed E-state index contributed by atoms with van der Waals surface area (Å²) in [4.78, 5) is 0. The second kappa shape index (κ2) is 3.18. The SMILES string of the molecule is COC(OC)C1CCC1. The number of hydrogen-bond donors (Lipinski definition) is 0. The van der Waals surface area contributed by atoms with Crippen LogP contribution in [-0.4, -0.2) is 20.5 Å². The van der Waals surface area contributed by atoms with Gasteiger partial charge in [0.1, 0.15) is 0 Å². The van der Waals surface area contributed by atoms with Crippen molar-refractivity contribution in [1.82, 2.24) is 0 Å². The van der Waals surface area contributed by atoms with Crippen molar-refractivity contribution in [3.05, 3.63) is 0 Å². The van der Waals surface area contributed by atoms with Crippen molar-refractivity contribution in [1.29, 1.82) is 0 Å². The summed E-state index contributed by atoms with van der Waals surface area (Å²) >= 11 is 0. The Kier molecular flexibility index (Phi) is 2.49. The minimum Gasteiger partial charge on any atom is -0.356 e. The number of rotatable bonds is 3. The molecule has 2 nitrogen and oxygen atoms in total. The number of methoxy groups -OCH3 is 2. The van der Waals surface area contributed by atoms with Gasteiger partial charge in [0.05, 0.1) is 0 Å². The lowest BCUT2D eigenvalue weighted by Crippen LogP contribution is -2.29. The molecule has 9 heavy (non-hydrogen) atoms. The smallest absolute Gasteiger partial charge is 0.159 e. The molecule has 0 spiro atoms. The van der Waals surface area contributed by atoms with E-state index >= 15 is 0 Å². The fourth-order valence-corrected chi connectivity index (χ4v) is 1.19. The third-order valence-corrected chi connectivity index (χ3v) is 2.00. The Morgan fingerprint density at radius 2 is 1.78 bits per heavy atom. The summed E-state index contributed by atoms with van der Waals surface area (Å²) in [5.41, 5.74) is 0. The summed E-state index contributed by atoms with van der Waals surface area (Å²) in [6, 6.07) is 0. The minimum absolute atomic E-state index is 0.0544. The maximum absolute atomic E-state index is 5.08. The first-order chi connectivity index (χ1) is 4.38. The van der Waals surface area contributed by atoms with Crippen LogP contribution in [0.3, 0.4) is 0 Å². The van der Waals surface area contributed by atoms with Crippen molar-refractivity contribution < 1.29 is 9.47 Å². The van der Waals surface area contributed by atoms with E-state index in [9.17, 15) is 0 Å². The zero-order valence-corrected chi connectivity index (χ0v) is 6.09. The molecule has 0 radical (unpaired) electrons. The molecule has 54 valence electrons. The molecule has 2 heteroatoms. The normalized spacial score (nSPS) is 20.3. The second-order valence-electron chi connectivity index (χ2n) is 2.53. The van der Waals surface area contributed by atoms with Crippen LogP contribution in [-0.2, 0) is 9.47 Å². The van der Waals surface area contributed by atoms with Crippen molar-refractivity contribution in [2.24, 2.45) is 5.92 Å². The summed E-state index contributed by atoms with van der Waals surface area (Å²) in [5.74, 6) is 0.667. The highest BCUT2D eigenvalue weighted by Crippen LogP contribution is 2.30. The summed E-state index contributed by atoms with van der Waals surface area (Å²) in [5, 5.41) is 0. The molecule has 0 amide bonds. The van der Waals surface area contributed by atoms with Crippen LogP contribution >= 0.6 is 0 Å². The summed E-state index contributed by atoms with van der Waals surface area (Å²) < 4.78 is 10.2. The fourth-order valence-electron chi connectivity index (χ4n) is 1.19. The highest BCUT2D eigenvalue weighted by atomic mass is 16.7. The third-order valence-electron chi connectivity index (χ3n) is 2.00. The van der Waals surface area contributed by atoms with Gasteiger partial charge in [-0.3, -0.25) is 0 Å². The van der Waals surface area contributed by atoms with Crippen LogP contribution in [0, 0.1) is 5.92 Å².